The summed E-state index contributed by atoms with van der Waals surface area (Å²) >= 11 is 0. The number of amides is 1. The highest BCUT2D eigenvalue weighted by atomic mass is 19.4. The Morgan fingerprint density at radius 3 is 2.13 bits per heavy atom. The second-order valence-corrected chi connectivity index (χ2v) is 7.72. The lowest BCUT2D eigenvalue weighted by Crippen LogP contribution is -2.49. The predicted octanol–water partition coefficient (Wildman–Crippen LogP) is 3.37. The van der Waals surface area contributed by atoms with E-state index >= 15 is 0 Å². The molecular formula is C21H24F3N5O. The van der Waals surface area contributed by atoms with Crippen molar-refractivity contribution in [2.45, 2.75) is 25.9 Å². The molecule has 9 heteroatoms. The van der Waals surface area contributed by atoms with Crippen molar-refractivity contribution in [1.82, 2.24) is 14.9 Å². The van der Waals surface area contributed by atoms with E-state index in [0.717, 1.165) is 55.5 Å². The predicted molar refractivity (Wildman–Crippen MR) is 108 cm³/mol. The van der Waals surface area contributed by atoms with E-state index in [-0.39, 0.29) is 11.5 Å². The van der Waals surface area contributed by atoms with E-state index in [9.17, 15) is 18.0 Å². The van der Waals surface area contributed by atoms with Crippen molar-refractivity contribution >= 4 is 17.7 Å². The topological polar surface area (TPSA) is 52.6 Å². The average molecular weight is 419 g/mol. The summed E-state index contributed by atoms with van der Waals surface area (Å²) < 4.78 is 38.2. The zero-order chi connectivity index (χ0) is 21.3. The van der Waals surface area contributed by atoms with E-state index in [4.69, 9.17) is 4.98 Å². The number of hydrogen-bond acceptors (Lipinski definition) is 5. The van der Waals surface area contributed by atoms with Crippen LogP contribution in [0, 0.1) is 6.92 Å². The first-order chi connectivity index (χ1) is 14.3. The Hall–Kier alpha value is -2.84. The van der Waals surface area contributed by atoms with Crippen LogP contribution >= 0.6 is 0 Å². The highest BCUT2D eigenvalue weighted by Gasteiger charge is 2.31. The van der Waals surface area contributed by atoms with Crippen molar-refractivity contribution in [3.05, 3.63) is 47.2 Å². The molecule has 0 saturated carbocycles. The lowest BCUT2D eigenvalue weighted by atomic mass is 10.1. The number of anilines is 2. The molecule has 1 amide bonds. The maximum atomic E-state index is 12.7. The first kappa shape index (κ1) is 20.4. The second-order valence-electron chi connectivity index (χ2n) is 7.72. The van der Waals surface area contributed by atoms with Gasteiger partial charge in [-0.25, -0.2) is 4.98 Å². The zero-order valence-corrected chi connectivity index (χ0v) is 16.8. The first-order valence-corrected chi connectivity index (χ1v) is 10.1. The van der Waals surface area contributed by atoms with Crippen LogP contribution in [0.4, 0.5) is 24.9 Å². The summed E-state index contributed by atoms with van der Waals surface area (Å²) in [6.45, 7) is 6.10. The van der Waals surface area contributed by atoms with Gasteiger partial charge in [0, 0.05) is 56.6 Å². The largest absolute Gasteiger partial charge is 0.416 e. The third-order valence-electron chi connectivity index (χ3n) is 5.57. The average Bonchev–Trinajstić information content (AvgIpc) is 3.27. The number of rotatable bonds is 3. The molecule has 160 valence electrons. The van der Waals surface area contributed by atoms with Crippen molar-refractivity contribution in [3.63, 3.8) is 0 Å². The molecule has 0 bridgehead atoms. The number of halogens is 3. The Kier molecular flexibility index (Phi) is 5.53. The third-order valence-corrected chi connectivity index (χ3v) is 5.57. The summed E-state index contributed by atoms with van der Waals surface area (Å²) in [6, 6.07) is 6.34. The molecule has 1 aromatic carbocycles. The van der Waals surface area contributed by atoms with E-state index in [1.807, 2.05) is 13.0 Å². The molecule has 0 spiro atoms. The third kappa shape index (κ3) is 4.34. The smallest absolute Gasteiger partial charge is 0.353 e. The number of alkyl halides is 3. The van der Waals surface area contributed by atoms with Gasteiger partial charge in [-0.3, -0.25) is 4.79 Å². The van der Waals surface area contributed by atoms with Gasteiger partial charge in [-0.05, 0) is 44.0 Å². The number of piperazine rings is 1. The lowest BCUT2D eigenvalue weighted by molar-refractivity contribution is -0.137. The molecule has 0 N–H and O–H groups in total. The highest BCUT2D eigenvalue weighted by Crippen LogP contribution is 2.29. The molecular weight excluding hydrogens is 395 g/mol. The summed E-state index contributed by atoms with van der Waals surface area (Å²) in [5, 5.41) is 0. The van der Waals surface area contributed by atoms with E-state index in [1.54, 1.807) is 4.90 Å². The first-order valence-electron chi connectivity index (χ1n) is 10.1. The second kappa shape index (κ2) is 8.12. The summed E-state index contributed by atoms with van der Waals surface area (Å²) in [5.41, 5.74) is 0.424. The molecule has 2 aliphatic heterocycles. The minimum absolute atomic E-state index is 0.250. The number of carbonyl (C=O) groups excluding carboxylic acids is 1. The minimum atomic E-state index is -4.41. The van der Waals surface area contributed by atoms with Gasteiger partial charge in [0.25, 0.3) is 5.91 Å². The number of hydrogen-bond donors (Lipinski definition) is 0. The Morgan fingerprint density at radius 1 is 0.900 bits per heavy atom. The molecule has 4 rings (SSSR count). The Labute approximate surface area is 173 Å². The van der Waals surface area contributed by atoms with Crippen molar-refractivity contribution in [2.75, 3.05) is 49.1 Å². The number of nitrogens with zero attached hydrogens (tertiary/aromatic N) is 5. The molecule has 30 heavy (non-hydrogen) atoms. The Morgan fingerprint density at radius 2 is 1.53 bits per heavy atom. The van der Waals surface area contributed by atoms with Gasteiger partial charge in [0.1, 0.15) is 5.82 Å². The monoisotopic (exact) mass is 419 g/mol. The van der Waals surface area contributed by atoms with Gasteiger partial charge in [0.15, 0.2) is 0 Å². The summed E-state index contributed by atoms with van der Waals surface area (Å²) in [7, 11) is 0. The standard InChI is InChI=1S/C21H24F3N5O/c1-15-14-18(26-20(25-15)29-8-2-3-9-29)27-10-12-28(13-11-27)19(30)16-4-6-17(7-5-16)21(22,23)24/h4-7,14H,2-3,8-13H2,1H3. The minimum Gasteiger partial charge on any atom is -0.353 e. The Bertz CT molecular complexity index is 902. The van der Waals surface area contributed by atoms with Crippen molar-refractivity contribution in [2.24, 2.45) is 0 Å². The molecule has 2 aromatic rings. The maximum absolute atomic E-state index is 12.7. The van der Waals surface area contributed by atoms with Crippen LogP contribution in [0.5, 0.6) is 0 Å². The van der Waals surface area contributed by atoms with E-state index in [2.05, 4.69) is 14.8 Å². The van der Waals surface area contributed by atoms with Gasteiger partial charge in [-0.15, -0.1) is 0 Å². The fourth-order valence-electron chi connectivity index (χ4n) is 3.88. The van der Waals surface area contributed by atoms with E-state index < -0.39 is 11.7 Å². The fourth-order valence-corrected chi connectivity index (χ4v) is 3.88. The molecule has 2 aliphatic rings. The molecule has 6 nitrogen and oxygen atoms in total. The van der Waals surface area contributed by atoms with Crippen LogP contribution in [-0.4, -0.2) is 60.0 Å². The normalized spacial score (nSPS) is 17.5. The SMILES string of the molecule is Cc1cc(N2CCN(C(=O)c3ccc(C(F)(F)F)cc3)CC2)nc(N2CCCC2)n1. The maximum Gasteiger partial charge on any atom is 0.416 e. The van der Waals surface area contributed by atoms with Crippen LogP contribution in [0.1, 0.15) is 34.5 Å². The van der Waals surface area contributed by atoms with Crippen LogP contribution in [0.25, 0.3) is 0 Å². The highest BCUT2D eigenvalue weighted by molar-refractivity contribution is 5.94. The molecule has 0 unspecified atom stereocenters. The van der Waals surface area contributed by atoms with Crippen LogP contribution < -0.4 is 9.80 Å². The molecule has 0 radical (unpaired) electrons. The van der Waals surface area contributed by atoms with Crippen LogP contribution in [-0.2, 0) is 6.18 Å². The molecule has 2 saturated heterocycles. The summed E-state index contributed by atoms with van der Waals surface area (Å²) in [5.74, 6) is 1.36. The lowest BCUT2D eigenvalue weighted by Gasteiger charge is -2.35. The number of aryl methyl sites for hydroxylation is 1. The quantitative estimate of drug-likeness (QED) is 0.764. The van der Waals surface area contributed by atoms with Gasteiger partial charge in [0.05, 0.1) is 5.56 Å². The van der Waals surface area contributed by atoms with Gasteiger partial charge >= 0.3 is 6.18 Å². The van der Waals surface area contributed by atoms with Gasteiger partial charge in [-0.2, -0.15) is 18.2 Å². The molecule has 1 aromatic heterocycles. The number of benzene rings is 1. The van der Waals surface area contributed by atoms with Gasteiger partial charge in [0.2, 0.25) is 5.95 Å². The molecule has 0 aliphatic carbocycles. The number of aromatic nitrogens is 2. The zero-order valence-electron chi connectivity index (χ0n) is 16.8. The molecule has 0 atom stereocenters. The summed E-state index contributed by atoms with van der Waals surface area (Å²) in [6.07, 6.45) is -2.11. The van der Waals surface area contributed by atoms with Crippen molar-refractivity contribution in [1.29, 1.82) is 0 Å². The fraction of sp³-hybridized carbons (Fsp3) is 0.476. The summed E-state index contributed by atoms with van der Waals surface area (Å²) in [4.78, 5) is 28.0. The van der Waals surface area contributed by atoms with Crippen molar-refractivity contribution < 1.29 is 18.0 Å². The van der Waals surface area contributed by atoms with Crippen LogP contribution in [0.15, 0.2) is 30.3 Å². The van der Waals surface area contributed by atoms with Crippen LogP contribution in [0.3, 0.4) is 0 Å². The van der Waals surface area contributed by atoms with Gasteiger partial charge < -0.3 is 14.7 Å². The van der Waals surface area contributed by atoms with E-state index in [0.29, 0.717) is 26.2 Å². The van der Waals surface area contributed by atoms with Crippen LogP contribution in [0.2, 0.25) is 0 Å². The Balaban J connectivity index is 1.41. The molecule has 2 fully saturated rings. The number of carbonyl (C=O) groups is 1. The van der Waals surface area contributed by atoms with E-state index in [1.165, 1.54) is 12.1 Å². The van der Waals surface area contributed by atoms with Crippen molar-refractivity contribution in [3.8, 4) is 0 Å². The molecule has 3 heterocycles. The van der Waals surface area contributed by atoms with Gasteiger partial charge in [-0.1, -0.05) is 0 Å².